The lowest BCUT2D eigenvalue weighted by Crippen LogP contribution is -2.46. The van der Waals surface area contributed by atoms with Gasteiger partial charge in [0.25, 0.3) is 5.91 Å². The van der Waals surface area contributed by atoms with Crippen LogP contribution in [0, 0.1) is 0 Å². The molecule has 1 atom stereocenters. The highest BCUT2D eigenvalue weighted by Gasteiger charge is 2.29. The number of nitrogens with zero attached hydrogens (tertiary/aromatic N) is 1. The largest absolute Gasteiger partial charge is 0.481 e. The number of rotatable bonds is 6. The average Bonchev–Trinajstić information content (AvgIpc) is 3.02. The third kappa shape index (κ3) is 4.52. The molecule has 126 valence electrons. The zero-order chi connectivity index (χ0) is 17.0. The van der Waals surface area contributed by atoms with E-state index in [2.05, 4.69) is 0 Å². The van der Waals surface area contributed by atoms with Crippen LogP contribution in [0.2, 0.25) is 0 Å². The van der Waals surface area contributed by atoms with Crippen molar-refractivity contribution < 1.29 is 22.7 Å². The molecule has 1 aliphatic rings. The maximum atomic E-state index is 12.0. The Bertz CT molecular complexity index is 696. The van der Waals surface area contributed by atoms with Crippen LogP contribution in [-0.2, 0) is 15.0 Å². The zero-order valence-corrected chi connectivity index (χ0v) is 13.9. The van der Waals surface area contributed by atoms with Crippen molar-refractivity contribution in [1.29, 1.82) is 0 Å². The molecule has 1 aliphatic heterocycles. The van der Waals surface area contributed by atoms with Crippen LogP contribution in [0.4, 0.5) is 0 Å². The molecule has 0 aromatic heterocycles. The highest BCUT2D eigenvalue weighted by Crippen LogP contribution is 2.16. The Morgan fingerprint density at radius 1 is 1.26 bits per heavy atom. The molecule has 1 N–H and O–H groups in total. The first-order valence-electron chi connectivity index (χ1n) is 7.39. The highest BCUT2D eigenvalue weighted by atomic mass is 32.2. The molecule has 7 nitrogen and oxygen atoms in total. The lowest BCUT2D eigenvalue weighted by Gasteiger charge is -2.19. The van der Waals surface area contributed by atoms with Crippen LogP contribution in [0.3, 0.4) is 0 Å². The van der Waals surface area contributed by atoms with Crippen LogP contribution in [0.15, 0.2) is 24.3 Å². The van der Waals surface area contributed by atoms with E-state index in [1.54, 1.807) is 18.2 Å². The Morgan fingerprint density at radius 3 is 2.52 bits per heavy atom. The molecule has 0 saturated carbocycles. The van der Waals surface area contributed by atoms with Gasteiger partial charge in [0.1, 0.15) is 5.75 Å². The maximum Gasteiger partial charge on any atom is 0.303 e. The SMILES string of the molecule is CC(=O)c1cccc(O[C@H](C)C(=O)NS(=O)(=O)N2CCCC2)c1. The number of Topliss-reactive ketones (excluding diaryl/α,β-unsaturated/α-hetero) is 1. The third-order valence-corrected chi connectivity index (χ3v) is 5.06. The average molecular weight is 340 g/mol. The summed E-state index contributed by atoms with van der Waals surface area (Å²) in [6.07, 6.45) is 0.576. The lowest BCUT2D eigenvalue weighted by molar-refractivity contribution is -0.125. The van der Waals surface area contributed by atoms with E-state index in [1.165, 1.54) is 24.2 Å². The van der Waals surface area contributed by atoms with Gasteiger partial charge in [-0.3, -0.25) is 9.59 Å². The van der Waals surface area contributed by atoms with Crippen molar-refractivity contribution >= 4 is 21.9 Å². The van der Waals surface area contributed by atoms with Gasteiger partial charge in [-0.1, -0.05) is 12.1 Å². The highest BCUT2D eigenvalue weighted by molar-refractivity contribution is 7.87. The molecule has 8 heteroatoms. The van der Waals surface area contributed by atoms with Gasteiger partial charge < -0.3 is 4.74 Å². The van der Waals surface area contributed by atoms with Gasteiger partial charge in [0, 0.05) is 18.7 Å². The number of hydrogen-bond acceptors (Lipinski definition) is 5. The fraction of sp³-hybridized carbons (Fsp3) is 0.467. The van der Waals surface area contributed by atoms with Crippen LogP contribution in [0.1, 0.15) is 37.0 Å². The molecule has 0 unspecified atom stereocenters. The van der Waals surface area contributed by atoms with Gasteiger partial charge in [-0.05, 0) is 38.8 Å². The Kier molecular flexibility index (Phi) is 5.38. The quantitative estimate of drug-likeness (QED) is 0.783. The second-order valence-corrected chi connectivity index (χ2v) is 7.09. The summed E-state index contributed by atoms with van der Waals surface area (Å²) < 4.78 is 32.8. The minimum Gasteiger partial charge on any atom is -0.481 e. The summed E-state index contributed by atoms with van der Waals surface area (Å²) >= 11 is 0. The van der Waals surface area contributed by atoms with E-state index < -0.39 is 22.2 Å². The molecular formula is C15H20N2O5S. The first-order chi connectivity index (χ1) is 10.8. The molecule has 0 bridgehead atoms. The summed E-state index contributed by atoms with van der Waals surface area (Å²) in [6, 6.07) is 6.39. The van der Waals surface area contributed by atoms with Gasteiger partial charge in [0.15, 0.2) is 11.9 Å². The number of benzene rings is 1. The number of carbonyl (C=O) groups excluding carboxylic acids is 2. The fourth-order valence-electron chi connectivity index (χ4n) is 2.25. The van der Waals surface area contributed by atoms with E-state index in [1.807, 2.05) is 4.72 Å². The van der Waals surface area contributed by atoms with E-state index >= 15 is 0 Å². The number of ether oxygens (including phenoxy) is 1. The molecule has 1 saturated heterocycles. The van der Waals surface area contributed by atoms with Crippen LogP contribution in [-0.4, -0.2) is 43.6 Å². The summed E-state index contributed by atoms with van der Waals surface area (Å²) in [5.74, 6) is -0.534. The van der Waals surface area contributed by atoms with Crippen molar-refractivity contribution in [2.75, 3.05) is 13.1 Å². The van der Waals surface area contributed by atoms with Crippen molar-refractivity contribution in [3.63, 3.8) is 0 Å². The van der Waals surface area contributed by atoms with E-state index in [0.717, 1.165) is 12.8 Å². The monoisotopic (exact) mass is 340 g/mol. The van der Waals surface area contributed by atoms with Crippen molar-refractivity contribution in [1.82, 2.24) is 9.03 Å². The van der Waals surface area contributed by atoms with Gasteiger partial charge in [-0.2, -0.15) is 12.7 Å². The van der Waals surface area contributed by atoms with Crippen molar-refractivity contribution in [2.24, 2.45) is 0 Å². The van der Waals surface area contributed by atoms with Crippen molar-refractivity contribution in [3.05, 3.63) is 29.8 Å². The standard InChI is InChI=1S/C15H20N2O5S/c1-11(18)13-6-5-7-14(10-13)22-12(2)15(19)16-23(20,21)17-8-3-4-9-17/h5-7,10,12H,3-4,8-9H2,1-2H3,(H,16,19)/t12-/m1/s1. The maximum absolute atomic E-state index is 12.0. The fourth-order valence-corrected chi connectivity index (χ4v) is 3.54. The molecule has 1 aromatic carbocycles. The normalized spacial score (nSPS) is 16.8. The first-order valence-corrected chi connectivity index (χ1v) is 8.83. The molecule has 1 fully saturated rings. The van der Waals surface area contributed by atoms with Gasteiger partial charge in [0.2, 0.25) is 0 Å². The van der Waals surface area contributed by atoms with Crippen molar-refractivity contribution in [3.8, 4) is 5.75 Å². The summed E-state index contributed by atoms with van der Waals surface area (Å²) in [5, 5.41) is 0. The Labute approximate surface area is 135 Å². The van der Waals surface area contributed by atoms with Crippen LogP contribution in [0.25, 0.3) is 0 Å². The van der Waals surface area contributed by atoms with Crippen molar-refractivity contribution in [2.45, 2.75) is 32.8 Å². The third-order valence-electron chi connectivity index (χ3n) is 3.56. The Hall–Kier alpha value is -1.93. The molecule has 23 heavy (non-hydrogen) atoms. The molecule has 1 heterocycles. The van der Waals surface area contributed by atoms with E-state index in [-0.39, 0.29) is 5.78 Å². The van der Waals surface area contributed by atoms with Crippen LogP contribution >= 0.6 is 0 Å². The number of amides is 1. The number of nitrogens with one attached hydrogen (secondary N) is 1. The predicted molar refractivity (Wildman–Crippen MR) is 84.4 cm³/mol. The molecule has 1 aromatic rings. The molecule has 0 aliphatic carbocycles. The van der Waals surface area contributed by atoms with Crippen LogP contribution < -0.4 is 9.46 Å². The van der Waals surface area contributed by atoms with Gasteiger partial charge in [-0.15, -0.1) is 0 Å². The lowest BCUT2D eigenvalue weighted by atomic mass is 10.1. The Balaban J connectivity index is 2.00. The number of carbonyl (C=O) groups is 2. The summed E-state index contributed by atoms with van der Waals surface area (Å²) in [6.45, 7) is 3.71. The smallest absolute Gasteiger partial charge is 0.303 e. The summed E-state index contributed by atoms with van der Waals surface area (Å²) in [5.41, 5.74) is 0.458. The van der Waals surface area contributed by atoms with E-state index in [9.17, 15) is 18.0 Å². The zero-order valence-electron chi connectivity index (χ0n) is 13.1. The minimum absolute atomic E-state index is 0.121. The van der Waals surface area contributed by atoms with E-state index in [4.69, 9.17) is 4.74 Å². The molecular weight excluding hydrogens is 320 g/mol. The van der Waals surface area contributed by atoms with Gasteiger partial charge in [-0.25, -0.2) is 4.72 Å². The second-order valence-electron chi connectivity index (χ2n) is 5.42. The molecule has 1 amide bonds. The Morgan fingerprint density at radius 2 is 1.91 bits per heavy atom. The second kappa shape index (κ2) is 7.10. The first kappa shape index (κ1) is 17.4. The molecule has 2 rings (SSSR count). The minimum atomic E-state index is -3.82. The predicted octanol–water partition coefficient (Wildman–Crippen LogP) is 1.11. The molecule has 0 radical (unpaired) electrons. The topological polar surface area (TPSA) is 92.8 Å². The number of ketones is 1. The summed E-state index contributed by atoms with van der Waals surface area (Å²) in [4.78, 5) is 23.4. The van der Waals surface area contributed by atoms with Gasteiger partial charge in [0.05, 0.1) is 0 Å². The molecule has 0 spiro atoms. The van der Waals surface area contributed by atoms with E-state index in [0.29, 0.717) is 24.4 Å². The summed E-state index contributed by atoms with van der Waals surface area (Å²) in [7, 11) is -3.82. The number of hydrogen-bond donors (Lipinski definition) is 1. The van der Waals surface area contributed by atoms with Gasteiger partial charge >= 0.3 is 10.2 Å². The van der Waals surface area contributed by atoms with Crippen LogP contribution in [0.5, 0.6) is 5.75 Å².